The van der Waals surface area contributed by atoms with Crippen LogP contribution in [0.25, 0.3) is 0 Å². The normalized spacial score (nSPS) is 12.2. The number of hydrogen-bond donors (Lipinski definition) is 1. The van der Waals surface area contributed by atoms with Crippen LogP contribution in [-0.2, 0) is 6.61 Å². The van der Waals surface area contributed by atoms with Gasteiger partial charge in [0.25, 0.3) is 0 Å². The van der Waals surface area contributed by atoms with Crippen molar-refractivity contribution in [1.29, 1.82) is 0 Å². The predicted molar refractivity (Wildman–Crippen MR) is 69.8 cm³/mol. The first-order chi connectivity index (χ1) is 8.66. The third kappa shape index (κ3) is 3.08. The second kappa shape index (κ2) is 5.65. The second-order valence-corrected chi connectivity index (χ2v) is 4.24. The van der Waals surface area contributed by atoms with Crippen molar-refractivity contribution in [3.8, 4) is 5.75 Å². The number of ether oxygens (including phenoxy) is 1. The molecule has 0 radical (unpaired) electrons. The number of halogens is 1. The lowest BCUT2D eigenvalue weighted by molar-refractivity contribution is 0.299. The van der Waals surface area contributed by atoms with Crippen LogP contribution < -0.4 is 10.5 Å². The Morgan fingerprint density at radius 2 is 1.94 bits per heavy atom. The van der Waals surface area contributed by atoms with Crippen LogP contribution in [0.1, 0.15) is 24.1 Å². The fraction of sp³-hybridized carbons (Fsp3) is 0.200. The summed E-state index contributed by atoms with van der Waals surface area (Å²) in [5.74, 6) is 0.453. The summed E-state index contributed by atoms with van der Waals surface area (Å²) in [6, 6.07) is 14.1. The molecule has 0 aliphatic heterocycles. The Labute approximate surface area is 106 Å². The van der Waals surface area contributed by atoms with Crippen LogP contribution in [-0.4, -0.2) is 0 Å². The molecule has 1 atom stereocenters. The van der Waals surface area contributed by atoms with Gasteiger partial charge < -0.3 is 10.5 Å². The summed E-state index contributed by atoms with van der Waals surface area (Å²) >= 11 is 0. The lowest BCUT2D eigenvalue weighted by Crippen LogP contribution is -2.05. The molecule has 2 rings (SSSR count). The van der Waals surface area contributed by atoms with E-state index in [0.717, 1.165) is 5.56 Å². The lowest BCUT2D eigenvalue weighted by atomic mass is 10.1. The van der Waals surface area contributed by atoms with Gasteiger partial charge >= 0.3 is 0 Å². The first-order valence-electron chi connectivity index (χ1n) is 5.88. The average Bonchev–Trinajstić information content (AvgIpc) is 2.38. The van der Waals surface area contributed by atoms with Gasteiger partial charge in [0.05, 0.1) is 0 Å². The van der Waals surface area contributed by atoms with Crippen molar-refractivity contribution in [2.24, 2.45) is 5.73 Å². The van der Waals surface area contributed by atoms with E-state index in [1.165, 1.54) is 6.07 Å². The van der Waals surface area contributed by atoms with Crippen molar-refractivity contribution >= 4 is 0 Å². The molecule has 2 aromatic carbocycles. The third-order valence-electron chi connectivity index (χ3n) is 2.74. The molecule has 0 aliphatic carbocycles. The van der Waals surface area contributed by atoms with E-state index in [9.17, 15) is 4.39 Å². The Morgan fingerprint density at radius 3 is 2.67 bits per heavy atom. The zero-order valence-electron chi connectivity index (χ0n) is 10.3. The lowest BCUT2D eigenvalue weighted by Gasteiger charge is -2.10. The van der Waals surface area contributed by atoms with Gasteiger partial charge in [0, 0.05) is 11.6 Å². The Hall–Kier alpha value is -1.87. The Balaban J connectivity index is 2.07. The molecule has 94 valence electrons. The molecule has 2 N–H and O–H groups in total. The van der Waals surface area contributed by atoms with Crippen molar-refractivity contribution in [3.63, 3.8) is 0 Å². The summed E-state index contributed by atoms with van der Waals surface area (Å²) in [4.78, 5) is 0. The van der Waals surface area contributed by atoms with Crippen LogP contribution in [0.2, 0.25) is 0 Å². The summed E-state index contributed by atoms with van der Waals surface area (Å²) in [5, 5.41) is 0. The first kappa shape index (κ1) is 12.6. The standard InChI is InChI=1S/C15H16FNO/c1-11(17)12-6-4-7-14(9-12)18-10-13-5-2-3-8-15(13)16/h2-9,11H,10,17H2,1H3. The van der Waals surface area contributed by atoms with Crippen molar-refractivity contribution < 1.29 is 9.13 Å². The van der Waals surface area contributed by atoms with E-state index in [1.54, 1.807) is 18.2 Å². The molecule has 3 heteroatoms. The minimum atomic E-state index is -0.249. The number of benzene rings is 2. The monoisotopic (exact) mass is 245 g/mol. The average molecular weight is 245 g/mol. The summed E-state index contributed by atoms with van der Waals surface area (Å²) in [7, 11) is 0. The Kier molecular flexibility index (Phi) is 3.95. The van der Waals surface area contributed by atoms with Crippen molar-refractivity contribution in [2.45, 2.75) is 19.6 Å². The van der Waals surface area contributed by atoms with E-state index in [0.29, 0.717) is 11.3 Å². The summed E-state index contributed by atoms with van der Waals surface area (Å²) < 4.78 is 19.0. The highest BCUT2D eigenvalue weighted by molar-refractivity contribution is 5.30. The molecule has 0 aromatic heterocycles. The van der Waals surface area contributed by atoms with Gasteiger partial charge in [-0.2, -0.15) is 0 Å². The molecule has 0 amide bonds. The molecule has 1 unspecified atom stereocenters. The smallest absolute Gasteiger partial charge is 0.129 e. The van der Waals surface area contributed by atoms with Crippen LogP contribution in [0.5, 0.6) is 5.75 Å². The van der Waals surface area contributed by atoms with Crippen LogP contribution >= 0.6 is 0 Å². The van der Waals surface area contributed by atoms with E-state index in [4.69, 9.17) is 10.5 Å². The van der Waals surface area contributed by atoms with Crippen LogP contribution in [0.3, 0.4) is 0 Å². The van der Waals surface area contributed by atoms with Crippen LogP contribution in [0.15, 0.2) is 48.5 Å². The summed E-state index contributed by atoms with van der Waals surface area (Å²) in [6.45, 7) is 2.13. The molecule has 0 saturated heterocycles. The molecule has 2 aromatic rings. The van der Waals surface area contributed by atoms with Crippen molar-refractivity contribution in [3.05, 3.63) is 65.5 Å². The second-order valence-electron chi connectivity index (χ2n) is 4.24. The maximum Gasteiger partial charge on any atom is 0.129 e. The number of hydrogen-bond acceptors (Lipinski definition) is 2. The first-order valence-corrected chi connectivity index (χ1v) is 5.88. The maximum atomic E-state index is 13.4. The molecule has 0 aliphatic rings. The SMILES string of the molecule is CC(N)c1cccc(OCc2ccccc2F)c1. The molecule has 18 heavy (non-hydrogen) atoms. The van der Waals surface area contributed by atoms with E-state index < -0.39 is 0 Å². The van der Waals surface area contributed by atoms with Gasteiger partial charge in [0.15, 0.2) is 0 Å². The summed E-state index contributed by atoms with van der Waals surface area (Å²) in [6.07, 6.45) is 0. The fourth-order valence-electron chi connectivity index (χ4n) is 1.66. The Morgan fingerprint density at radius 1 is 1.17 bits per heavy atom. The molecule has 0 bridgehead atoms. The Bertz CT molecular complexity index is 525. The van der Waals surface area contributed by atoms with E-state index in [1.807, 2.05) is 31.2 Å². The predicted octanol–water partition coefficient (Wildman–Crippen LogP) is 3.42. The molecule has 0 spiro atoms. The fourth-order valence-corrected chi connectivity index (χ4v) is 1.66. The number of rotatable bonds is 4. The van der Waals surface area contributed by atoms with Crippen molar-refractivity contribution in [2.75, 3.05) is 0 Å². The van der Waals surface area contributed by atoms with Crippen molar-refractivity contribution in [1.82, 2.24) is 0 Å². The zero-order valence-corrected chi connectivity index (χ0v) is 10.3. The highest BCUT2D eigenvalue weighted by atomic mass is 19.1. The van der Waals surface area contributed by atoms with Gasteiger partial charge in [0.2, 0.25) is 0 Å². The molecule has 0 fully saturated rings. The van der Waals surface area contributed by atoms with Gasteiger partial charge in [0.1, 0.15) is 18.2 Å². The molecule has 2 nitrogen and oxygen atoms in total. The highest BCUT2D eigenvalue weighted by Gasteiger charge is 2.04. The molecule has 0 saturated carbocycles. The maximum absolute atomic E-state index is 13.4. The number of nitrogens with two attached hydrogens (primary N) is 1. The van der Waals surface area contributed by atoms with Gasteiger partial charge in [-0.25, -0.2) is 4.39 Å². The zero-order chi connectivity index (χ0) is 13.0. The highest BCUT2D eigenvalue weighted by Crippen LogP contribution is 2.19. The minimum absolute atomic E-state index is 0.0398. The molecular formula is C15H16FNO. The van der Waals surface area contributed by atoms with Gasteiger partial charge in [-0.05, 0) is 30.7 Å². The van der Waals surface area contributed by atoms with E-state index in [2.05, 4.69) is 0 Å². The van der Waals surface area contributed by atoms with Crippen LogP contribution in [0, 0.1) is 5.82 Å². The molecular weight excluding hydrogens is 229 g/mol. The van der Waals surface area contributed by atoms with Gasteiger partial charge in [-0.1, -0.05) is 30.3 Å². The third-order valence-corrected chi connectivity index (χ3v) is 2.74. The van der Waals surface area contributed by atoms with Crippen LogP contribution in [0.4, 0.5) is 4.39 Å². The van der Waals surface area contributed by atoms with E-state index >= 15 is 0 Å². The van der Waals surface area contributed by atoms with Gasteiger partial charge in [-0.3, -0.25) is 0 Å². The van der Waals surface area contributed by atoms with Gasteiger partial charge in [-0.15, -0.1) is 0 Å². The quantitative estimate of drug-likeness (QED) is 0.895. The van der Waals surface area contributed by atoms with E-state index in [-0.39, 0.29) is 18.5 Å². The molecule has 0 heterocycles. The largest absolute Gasteiger partial charge is 0.489 e. The minimum Gasteiger partial charge on any atom is -0.489 e. The topological polar surface area (TPSA) is 35.2 Å². The summed E-state index contributed by atoms with van der Waals surface area (Å²) in [5.41, 5.74) is 7.34.